The largest absolute Gasteiger partial charge is 0.493 e. The van der Waals surface area contributed by atoms with Crippen molar-refractivity contribution >= 4 is 18.1 Å². The summed E-state index contributed by atoms with van der Waals surface area (Å²) in [5.41, 5.74) is 5.41. The van der Waals surface area contributed by atoms with Gasteiger partial charge in [-0.05, 0) is 100 Å². The summed E-state index contributed by atoms with van der Waals surface area (Å²) in [6, 6.07) is 9.89. The number of aryl methyl sites for hydroxylation is 2. The SMILES string of the molecule is COc1cc(CC/C(C)=C(/N=C(\C)c2cccc3c2OCCO3)C(=O)B2CCOCC2(C)C)c(C)cc1OC(C)C. The molecule has 0 saturated carbocycles. The van der Waals surface area contributed by atoms with Gasteiger partial charge in [0.2, 0.25) is 6.71 Å². The molecule has 8 heteroatoms. The molecule has 0 N–H and O–H groups in total. The van der Waals surface area contributed by atoms with Crippen LogP contribution in [0.5, 0.6) is 23.0 Å². The number of ether oxygens (including phenoxy) is 5. The molecule has 4 rings (SSSR count). The van der Waals surface area contributed by atoms with Crippen LogP contribution in [0.25, 0.3) is 0 Å². The van der Waals surface area contributed by atoms with Crippen molar-refractivity contribution in [1.82, 2.24) is 0 Å². The third kappa shape index (κ3) is 7.15. The Hall–Kier alpha value is -3.26. The van der Waals surface area contributed by atoms with Crippen LogP contribution in [0.1, 0.15) is 64.7 Å². The van der Waals surface area contributed by atoms with Crippen LogP contribution in [0.4, 0.5) is 0 Å². The molecule has 7 nitrogen and oxygen atoms in total. The molecule has 0 bridgehead atoms. The summed E-state index contributed by atoms with van der Waals surface area (Å²) in [4.78, 5) is 19.3. The average molecular weight is 562 g/mol. The van der Waals surface area contributed by atoms with Gasteiger partial charge in [0.25, 0.3) is 0 Å². The number of fused-ring (bicyclic) bond motifs is 1. The molecular formula is C33H44BNO6. The van der Waals surface area contributed by atoms with Crippen LogP contribution in [0.2, 0.25) is 11.6 Å². The standard InChI is InChI=1S/C33H44BNO6/c1-21(2)41-29-18-23(4)25(19-28(29)37-8)13-12-22(3)30(32(36)34-14-15-38-20-33(34,6)7)35-24(5)26-10-9-11-27-31(26)40-17-16-39-27/h9-11,18-19,21H,12-17,20H2,1-8H3/b30-22+,35-24+. The first-order chi connectivity index (χ1) is 19.5. The first kappa shape index (κ1) is 30.7. The number of benzene rings is 2. The molecule has 220 valence electrons. The molecule has 2 aliphatic rings. The molecule has 0 aromatic heterocycles. The third-order valence-electron chi connectivity index (χ3n) is 7.91. The molecule has 0 unspecified atom stereocenters. The highest BCUT2D eigenvalue weighted by Crippen LogP contribution is 2.38. The first-order valence-corrected chi connectivity index (χ1v) is 14.6. The van der Waals surface area contributed by atoms with E-state index in [0.717, 1.165) is 40.1 Å². The summed E-state index contributed by atoms with van der Waals surface area (Å²) in [5, 5.41) is -0.274. The first-order valence-electron chi connectivity index (χ1n) is 14.6. The number of nitrogens with zero attached hydrogens (tertiary/aromatic N) is 1. The van der Waals surface area contributed by atoms with Crippen molar-refractivity contribution in [2.75, 3.05) is 33.5 Å². The maximum absolute atomic E-state index is 14.2. The number of methoxy groups -OCH3 is 1. The number of aliphatic imine (C=N–C) groups is 1. The summed E-state index contributed by atoms with van der Waals surface area (Å²) < 4.78 is 29.1. The lowest BCUT2D eigenvalue weighted by Gasteiger charge is -2.35. The van der Waals surface area contributed by atoms with Gasteiger partial charge in [-0.25, -0.2) is 0 Å². The highest BCUT2D eigenvalue weighted by molar-refractivity contribution is 6.94. The number of rotatable bonds is 10. The van der Waals surface area contributed by atoms with Gasteiger partial charge in [-0.1, -0.05) is 19.9 Å². The Morgan fingerprint density at radius 3 is 2.56 bits per heavy atom. The van der Waals surface area contributed by atoms with Crippen molar-refractivity contribution in [2.45, 2.75) is 79.0 Å². The van der Waals surface area contributed by atoms with E-state index in [0.29, 0.717) is 62.1 Å². The van der Waals surface area contributed by atoms with E-state index < -0.39 is 0 Å². The van der Waals surface area contributed by atoms with E-state index >= 15 is 0 Å². The topological polar surface area (TPSA) is 75.6 Å². The van der Waals surface area contributed by atoms with Gasteiger partial charge in [0.05, 0.1) is 18.9 Å². The van der Waals surface area contributed by atoms with Crippen molar-refractivity contribution in [3.8, 4) is 23.0 Å². The lowest BCUT2D eigenvalue weighted by atomic mass is 9.29. The van der Waals surface area contributed by atoms with Crippen LogP contribution in [-0.2, 0) is 16.0 Å². The Morgan fingerprint density at radius 2 is 1.85 bits per heavy atom. The van der Waals surface area contributed by atoms with Crippen molar-refractivity contribution in [2.24, 2.45) is 4.99 Å². The van der Waals surface area contributed by atoms with Crippen LogP contribution in [0.15, 0.2) is 46.6 Å². The second kappa shape index (κ2) is 13.2. The van der Waals surface area contributed by atoms with E-state index in [1.165, 1.54) is 0 Å². The van der Waals surface area contributed by atoms with Crippen LogP contribution >= 0.6 is 0 Å². The van der Waals surface area contributed by atoms with Gasteiger partial charge >= 0.3 is 0 Å². The summed E-state index contributed by atoms with van der Waals surface area (Å²) >= 11 is 0. The Labute approximate surface area is 245 Å². The summed E-state index contributed by atoms with van der Waals surface area (Å²) in [6.07, 6.45) is 2.16. The van der Waals surface area contributed by atoms with Gasteiger partial charge in [0.15, 0.2) is 23.0 Å². The molecule has 1 fully saturated rings. The predicted octanol–water partition coefficient (Wildman–Crippen LogP) is 6.69. The maximum atomic E-state index is 14.2. The lowest BCUT2D eigenvalue weighted by molar-refractivity contribution is -0.109. The number of hydrogen-bond acceptors (Lipinski definition) is 7. The predicted molar refractivity (Wildman–Crippen MR) is 165 cm³/mol. The number of para-hydroxylation sites is 1. The highest BCUT2D eigenvalue weighted by atomic mass is 16.6. The van der Waals surface area contributed by atoms with Crippen LogP contribution in [0.3, 0.4) is 0 Å². The number of hydrogen-bond donors (Lipinski definition) is 0. The number of allylic oxidation sites excluding steroid dienone is 2. The van der Waals surface area contributed by atoms with Crippen molar-refractivity contribution in [3.05, 3.63) is 58.3 Å². The molecule has 0 spiro atoms. The Kier molecular flexibility index (Phi) is 9.85. The van der Waals surface area contributed by atoms with E-state index in [4.69, 9.17) is 28.7 Å². The van der Waals surface area contributed by atoms with Gasteiger partial charge in [0.1, 0.15) is 18.9 Å². The van der Waals surface area contributed by atoms with Crippen molar-refractivity contribution < 1.29 is 28.5 Å². The molecule has 1 saturated heterocycles. The fourth-order valence-corrected chi connectivity index (χ4v) is 5.55. The quantitative estimate of drug-likeness (QED) is 0.183. The minimum absolute atomic E-state index is 0.0515. The fraction of sp³-hybridized carbons (Fsp3) is 0.515. The molecule has 2 aliphatic heterocycles. The van der Waals surface area contributed by atoms with E-state index in [1.807, 2.05) is 58.0 Å². The second-order valence-electron chi connectivity index (χ2n) is 12.0. The Balaban J connectivity index is 1.70. The molecule has 2 aromatic rings. The zero-order valence-corrected chi connectivity index (χ0v) is 25.9. The molecule has 0 amide bonds. The van der Waals surface area contributed by atoms with Crippen LogP contribution in [0, 0.1) is 6.92 Å². The minimum atomic E-state index is -0.274. The second-order valence-corrected chi connectivity index (χ2v) is 12.0. The third-order valence-corrected chi connectivity index (χ3v) is 7.91. The van der Waals surface area contributed by atoms with Gasteiger partial charge in [-0.2, -0.15) is 0 Å². The summed E-state index contributed by atoms with van der Waals surface area (Å²) in [5.74, 6) is 2.84. The molecule has 0 aliphatic carbocycles. The van der Waals surface area contributed by atoms with Crippen molar-refractivity contribution in [1.29, 1.82) is 0 Å². The zero-order chi connectivity index (χ0) is 29.7. The number of carbonyl (C=O) groups is 1. The highest BCUT2D eigenvalue weighted by Gasteiger charge is 2.43. The van der Waals surface area contributed by atoms with Gasteiger partial charge in [-0.15, -0.1) is 0 Å². The lowest BCUT2D eigenvalue weighted by Crippen LogP contribution is -2.44. The Bertz CT molecular complexity index is 1330. The average Bonchev–Trinajstić information content (AvgIpc) is 2.94. The maximum Gasteiger partial charge on any atom is 0.242 e. The Morgan fingerprint density at radius 1 is 1.10 bits per heavy atom. The van der Waals surface area contributed by atoms with E-state index in [-0.39, 0.29) is 23.8 Å². The van der Waals surface area contributed by atoms with Gasteiger partial charge in [-0.3, -0.25) is 4.99 Å². The van der Waals surface area contributed by atoms with Crippen molar-refractivity contribution in [3.63, 3.8) is 0 Å². The van der Waals surface area contributed by atoms with E-state index in [2.05, 4.69) is 20.8 Å². The smallest absolute Gasteiger partial charge is 0.242 e. The number of carbonyl (C=O) groups excluding carboxylic acids is 1. The van der Waals surface area contributed by atoms with Crippen LogP contribution < -0.4 is 18.9 Å². The van der Waals surface area contributed by atoms with Gasteiger partial charge in [0, 0.05) is 24.5 Å². The molecule has 0 radical (unpaired) electrons. The van der Waals surface area contributed by atoms with E-state index in [9.17, 15) is 4.79 Å². The summed E-state index contributed by atoms with van der Waals surface area (Å²) in [6.45, 7) is 16.2. The fourth-order valence-electron chi connectivity index (χ4n) is 5.55. The molecule has 2 heterocycles. The normalized spacial score (nSPS) is 17.3. The molecule has 2 aromatic carbocycles. The summed E-state index contributed by atoms with van der Waals surface area (Å²) in [7, 11) is 1.66. The monoisotopic (exact) mass is 561 g/mol. The molecular weight excluding hydrogens is 517 g/mol. The van der Waals surface area contributed by atoms with E-state index in [1.54, 1.807) is 7.11 Å². The molecule has 0 atom stereocenters. The molecule has 41 heavy (non-hydrogen) atoms. The van der Waals surface area contributed by atoms with Crippen LogP contribution in [-0.4, -0.2) is 57.7 Å². The minimum Gasteiger partial charge on any atom is -0.493 e. The zero-order valence-electron chi connectivity index (χ0n) is 25.9. The van der Waals surface area contributed by atoms with Gasteiger partial charge < -0.3 is 28.5 Å².